The van der Waals surface area contributed by atoms with Crippen LogP contribution in [0.3, 0.4) is 0 Å². The van der Waals surface area contributed by atoms with Gasteiger partial charge in [0.05, 0.1) is 11.7 Å². The van der Waals surface area contributed by atoms with Crippen molar-refractivity contribution in [3.05, 3.63) is 10.6 Å². The zero-order valence-electron chi connectivity index (χ0n) is 12.3. The molecule has 1 aromatic heterocycles. The molecule has 1 N–H and O–H groups in total. The summed E-state index contributed by atoms with van der Waals surface area (Å²) in [5.41, 5.74) is 1.24. The van der Waals surface area contributed by atoms with Crippen LogP contribution in [-0.4, -0.2) is 29.5 Å². The van der Waals surface area contributed by atoms with Crippen LogP contribution < -0.4 is 10.2 Å². The standard InChI is InChI=1S/C15H23N3OS/c1-10(2)16-12-7-5-9-18(14(12)19)15-17-11-6-3-4-8-13(11)20-15/h10,12,16H,3-9H2,1-2H3. The third-order valence-electron chi connectivity index (χ3n) is 4.04. The highest BCUT2D eigenvalue weighted by atomic mass is 32.1. The third kappa shape index (κ3) is 2.74. The number of thiazole rings is 1. The SMILES string of the molecule is CC(C)NC1CCCN(c2nc3c(s2)CCCC3)C1=O. The Labute approximate surface area is 124 Å². The van der Waals surface area contributed by atoms with Gasteiger partial charge in [0.25, 0.3) is 0 Å². The van der Waals surface area contributed by atoms with Gasteiger partial charge in [-0.25, -0.2) is 4.98 Å². The molecule has 1 fully saturated rings. The van der Waals surface area contributed by atoms with Crippen LogP contribution in [0.4, 0.5) is 5.13 Å². The highest BCUT2D eigenvalue weighted by Gasteiger charge is 2.32. The Balaban J connectivity index is 1.78. The molecule has 0 radical (unpaired) electrons. The van der Waals surface area contributed by atoms with Crippen LogP contribution in [0.25, 0.3) is 0 Å². The summed E-state index contributed by atoms with van der Waals surface area (Å²) < 4.78 is 0. The van der Waals surface area contributed by atoms with Crippen LogP contribution in [0.5, 0.6) is 0 Å². The number of aromatic nitrogens is 1. The van der Waals surface area contributed by atoms with Crippen molar-refractivity contribution in [3.63, 3.8) is 0 Å². The van der Waals surface area contributed by atoms with Gasteiger partial charge in [-0.05, 0) is 38.5 Å². The quantitative estimate of drug-likeness (QED) is 0.931. The summed E-state index contributed by atoms with van der Waals surface area (Å²) >= 11 is 1.73. The minimum Gasteiger partial charge on any atom is -0.304 e. The van der Waals surface area contributed by atoms with E-state index in [1.165, 1.54) is 23.4 Å². The molecule has 0 spiro atoms. The van der Waals surface area contributed by atoms with Crippen molar-refractivity contribution in [2.45, 2.75) is 64.5 Å². The van der Waals surface area contributed by atoms with E-state index >= 15 is 0 Å². The topological polar surface area (TPSA) is 45.2 Å². The van der Waals surface area contributed by atoms with Gasteiger partial charge in [0, 0.05) is 17.5 Å². The molecule has 2 heterocycles. The lowest BCUT2D eigenvalue weighted by Gasteiger charge is -2.32. The molecule has 5 heteroatoms. The van der Waals surface area contributed by atoms with Crippen LogP contribution in [0.2, 0.25) is 0 Å². The summed E-state index contributed by atoms with van der Waals surface area (Å²) in [4.78, 5) is 20.6. The summed E-state index contributed by atoms with van der Waals surface area (Å²) in [5, 5.41) is 4.31. The average Bonchev–Trinajstić information content (AvgIpc) is 2.84. The molecule has 1 atom stereocenters. The van der Waals surface area contributed by atoms with Gasteiger partial charge in [0.15, 0.2) is 5.13 Å². The van der Waals surface area contributed by atoms with Crippen LogP contribution >= 0.6 is 11.3 Å². The number of nitrogens with zero attached hydrogens (tertiary/aromatic N) is 2. The van der Waals surface area contributed by atoms with Gasteiger partial charge < -0.3 is 5.32 Å². The number of hydrogen-bond acceptors (Lipinski definition) is 4. The van der Waals surface area contributed by atoms with Gasteiger partial charge >= 0.3 is 0 Å². The van der Waals surface area contributed by atoms with E-state index in [2.05, 4.69) is 19.2 Å². The lowest BCUT2D eigenvalue weighted by molar-refractivity contribution is -0.121. The Morgan fingerprint density at radius 2 is 2.10 bits per heavy atom. The van der Waals surface area contributed by atoms with E-state index in [1.807, 2.05) is 4.90 Å². The predicted molar refractivity (Wildman–Crippen MR) is 82.4 cm³/mol. The summed E-state index contributed by atoms with van der Waals surface area (Å²) in [6, 6.07) is 0.304. The zero-order chi connectivity index (χ0) is 14.1. The number of nitrogens with one attached hydrogen (secondary N) is 1. The molecule has 0 aromatic carbocycles. The Bertz CT molecular complexity index is 474. The number of amides is 1. The Hall–Kier alpha value is -0.940. The smallest absolute Gasteiger partial charge is 0.245 e. The van der Waals surface area contributed by atoms with E-state index in [4.69, 9.17) is 4.98 Å². The molecule has 4 nitrogen and oxygen atoms in total. The van der Waals surface area contributed by atoms with Gasteiger partial charge in [-0.3, -0.25) is 9.69 Å². The molecular weight excluding hydrogens is 270 g/mol. The molecule has 1 unspecified atom stereocenters. The summed E-state index contributed by atoms with van der Waals surface area (Å²) in [7, 11) is 0. The number of rotatable bonds is 3. The van der Waals surface area contributed by atoms with Crippen molar-refractivity contribution < 1.29 is 4.79 Å². The number of aryl methyl sites for hydroxylation is 2. The van der Waals surface area contributed by atoms with Gasteiger partial charge in [0.1, 0.15) is 0 Å². The highest BCUT2D eigenvalue weighted by molar-refractivity contribution is 7.16. The number of hydrogen-bond donors (Lipinski definition) is 1. The minimum absolute atomic E-state index is 0.0373. The maximum Gasteiger partial charge on any atom is 0.245 e. The molecule has 1 aliphatic carbocycles. The maximum atomic E-state index is 12.6. The van der Waals surface area contributed by atoms with Crippen LogP contribution in [0.15, 0.2) is 0 Å². The van der Waals surface area contributed by atoms with Gasteiger partial charge in [-0.1, -0.05) is 13.8 Å². The lowest BCUT2D eigenvalue weighted by Crippen LogP contribution is -2.52. The summed E-state index contributed by atoms with van der Waals surface area (Å²) in [5.74, 6) is 0.205. The number of carbonyl (C=O) groups excluding carboxylic acids is 1. The lowest BCUT2D eigenvalue weighted by atomic mass is 10.0. The molecule has 1 saturated heterocycles. The Morgan fingerprint density at radius 3 is 2.85 bits per heavy atom. The average molecular weight is 293 g/mol. The van der Waals surface area contributed by atoms with Gasteiger partial charge in [0.2, 0.25) is 5.91 Å². The maximum absolute atomic E-state index is 12.6. The number of fused-ring (bicyclic) bond motifs is 1. The van der Waals surface area contributed by atoms with E-state index in [1.54, 1.807) is 11.3 Å². The summed E-state index contributed by atoms with van der Waals surface area (Å²) in [6.45, 7) is 5.00. The van der Waals surface area contributed by atoms with Gasteiger partial charge in [-0.15, -0.1) is 11.3 Å². The van der Waals surface area contributed by atoms with Crippen LogP contribution in [0, 0.1) is 0 Å². The van der Waals surface area contributed by atoms with Crippen molar-refractivity contribution in [2.75, 3.05) is 11.4 Å². The first-order chi connectivity index (χ1) is 9.65. The van der Waals surface area contributed by atoms with Crippen molar-refractivity contribution in [1.29, 1.82) is 0 Å². The molecule has 3 rings (SSSR count). The fourth-order valence-electron chi connectivity index (χ4n) is 3.08. The molecule has 1 aromatic rings. The highest BCUT2D eigenvalue weighted by Crippen LogP contribution is 2.33. The van der Waals surface area contributed by atoms with Crippen molar-refractivity contribution >= 4 is 22.4 Å². The van der Waals surface area contributed by atoms with Crippen molar-refractivity contribution in [2.24, 2.45) is 0 Å². The van der Waals surface area contributed by atoms with E-state index in [-0.39, 0.29) is 11.9 Å². The molecule has 0 saturated carbocycles. The Kier molecular flexibility index (Phi) is 4.08. The molecule has 2 aliphatic rings. The normalized spacial score (nSPS) is 23.2. The van der Waals surface area contributed by atoms with Crippen LogP contribution in [-0.2, 0) is 17.6 Å². The fourth-order valence-corrected chi connectivity index (χ4v) is 4.26. The molecule has 0 bridgehead atoms. The molecule has 1 amide bonds. The first-order valence-corrected chi connectivity index (χ1v) is 8.53. The van der Waals surface area contributed by atoms with E-state index in [9.17, 15) is 4.79 Å². The number of piperidine rings is 1. The minimum atomic E-state index is -0.0373. The predicted octanol–water partition coefficient (Wildman–Crippen LogP) is 2.52. The van der Waals surface area contributed by atoms with Crippen molar-refractivity contribution in [3.8, 4) is 0 Å². The second-order valence-corrected chi connectivity index (χ2v) is 7.14. The second kappa shape index (κ2) is 5.82. The zero-order valence-corrected chi connectivity index (χ0v) is 13.1. The van der Waals surface area contributed by atoms with Crippen molar-refractivity contribution in [1.82, 2.24) is 10.3 Å². The largest absolute Gasteiger partial charge is 0.304 e. The first-order valence-electron chi connectivity index (χ1n) is 7.71. The summed E-state index contributed by atoms with van der Waals surface area (Å²) in [6.07, 6.45) is 6.73. The Morgan fingerprint density at radius 1 is 1.30 bits per heavy atom. The first kappa shape index (κ1) is 14.0. The molecule has 1 aliphatic heterocycles. The van der Waals surface area contributed by atoms with Crippen LogP contribution in [0.1, 0.15) is 50.1 Å². The van der Waals surface area contributed by atoms with Gasteiger partial charge in [-0.2, -0.15) is 0 Å². The second-order valence-electron chi connectivity index (χ2n) is 6.08. The van der Waals surface area contributed by atoms with E-state index < -0.39 is 0 Å². The number of carbonyl (C=O) groups is 1. The molecule has 110 valence electrons. The monoisotopic (exact) mass is 293 g/mol. The molecular formula is C15H23N3OS. The molecule has 20 heavy (non-hydrogen) atoms. The third-order valence-corrected chi connectivity index (χ3v) is 5.22. The number of anilines is 1. The fraction of sp³-hybridized carbons (Fsp3) is 0.733. The van der Waals surface area contributed by atoms with E-state index in [0.29, 0.717) is 6.04 Å². The van der Waals surface area contributed by atoms with E-state index in [0.717, 1.165) is 37.4 Å².